The van der Waals surface area contributed by atoms with Crippen molar-refractivity contribution in [3.05, 3.63) is 29.6 Å². The monoisotopic (exact) mass is 183 g/mol. The quantitative estimate of drug-likeness (QED) is 0.708. The molecular formula is C9H10FNO2. The second-order valence-electron chi connectivity index (χ2n) is 2.40. The van der Waals surface area contributed by atoms with E-state index in [2.05, 4.69) is 10.1 Å². The zero-order valence-corrected chi connectivity index (χ0v) is 7.43. The van der Waals surface area contributed by atoms with Gasteiger partial charge in [-0.25, -0.2) is 9.18 Å². The molecular weight excluding hydrogens is 173 g/mol. The number of ether oxygens (including phenoxy) is 1. The minimum Gasteiger partial charge on any atom is -0.465 e. The number of methoxy groups -OCH3 is 1. The number of halogens is 1. The molecule has 1 N–H and O–H groups in total. The van der Waals surface area contributed by atoms with Crippen LogP contribution in [0.4, 0.5) is 10.1 Å². The minimum absolute atomic E-state index is 0.0625. The summed E-state index contributed by atoms with van der Waals surface area (Å²) in [4.78, 5) is 11.1. The maximum absolute atomic E-state index is 13.1. The lowest BCUT2D eigenvalue weighted by Crippen LogP contribution is -2.08. The molecule has 0 bridgehead atoms. The first-order valence-corrected chi connectivity index (χ1v) is 3.75. The molecule has 70 valence electrons. The van der Waals surface area contributed by atoms with Gasteiger partial charge in [0.1, 0.15) is 11.4 Å². The highest BCUT2D eigenvalue weighted by Gasteiger charge is 2.15. The number of carbonyl (C=O) groups is 1. The number of rotatable bonds is 2. The number of nitrogens with one attached hydrogen (secondary N) is 1. The summed E-state index contributed by atoms with van der Waals surface area (Å²) in [7, 11) is 2.83. The molecule has 0 fully saturated rings. The van der Waals surface area contributed by atoms with E-state index in [4.69, 9.17) is 0 Å². The highest BCUT2D eigenvalue weighted by atomic mass is 19.1. The predicted octanol–water partition coefficient (Wildman–Crippen LogP) is 1.65. The topological polar surface area (TPSA) is 38.3 Å². The van der Waals surface area contributed by atoms with Gasteiger partial charge in [0.25, 0.3) is 0 Å². The van der Waals surface area contributed by atoms with Gasteiger partial charge in [-0.15, -0.1) is 0 Å². The lowest BCUT2D eigenvalue weighted by atomic mass is 10.1. The van der Waals surface area contributed by atoms with Crippen molar-refractivity contribution in [2.24, 2.45) is 0 Å². The fraction of sp³-hybridized carbons (Fsp3) is 0.222. The van der Waals surface area contributed by atoms with Gasteiger partial charge in [0, 0.05) is 7.05 Å². The first-order valence-electron chi connectivity index (χ1n) is 3.75. The van der Waals surface area contributed by atoms with Crippen molar-refractivity contribution in [2.45, 2.75) is 0 Å². The van der Waals surface area contributed by atoms with Crippen molar-refractivity contribution in [2.75, 3.05) is 19.5 Å². The van der Waals surface area contributed by atoms with Gasteiger partial charge >= 0.3 is 5.97 Å². The molecule has 0 saturated carbocycles. The third-order valence-electron chi connectivity index (χ3n) is 1.67. The average molecular weight is 183 g/mol. The summed E-state index contributed by atoms with van der Waals surface area (Å²) in [5.41, 5.74) is 0.361. The average Bonchev–Trinajstić information content (AvgIpc) is 2.16. The van der Waals surface area contributed by atoms with E-state index < -0.39 is 11.8 Å². The molecule has 0 unspecified atom stereocenters. The van der Waals surface area contributed by atoms with Crippen LogP contribution >= 0.6 is 0 Å². The van der Waals surface area contributed by atoms with Gasteiger partial charge in [-0.05, 0) is 12.1 Å². The Bertz CT molecular complexity index is 325. The highest BCUT2D eigenvalue weighted by Crippen LogP contribution is 2.18. The summed E-state index contributed by atoms with van der Waals surface area (Å²) in [6.07, 6.45) is 0. The number of anilines is 1. The normalized spacial score (nSPS) is 9.46. The Morgan fingerprint density at radius 3 is 2.77 bits per heavy atom. The molecule has 1 aromatic rings. The van der Waals surface area contributed by atoms with Crippen molar-refractivity contribution < 1.29 is 13.9 Å². The van der Waals surface area contributed by atoms with Gasteiger partial charge in [-0.3, -0.25) is 0 Å². The Morgan fingerprint density at radius 1 is 1.54 bits per heavy atom. The molecule has 0 spiro atoms. The Morgan fingerprint density at radius 2 is 2.23 bits per heavy atom. The fourth-order valence-corrected chi connectivity index (χ4v) is 1.04. The third-order valence-corrected chi connectivity index (χ3v) is 1.67. The van der Waals surface area contributed by atoms with Crippen LogP contribution < -0.4 is 5.32 Å². The molecule has 0 aliphatic heterocycles. The smallest absolute Gasteiger partial charge is 0.342 e. The van der Waals surface area contributed by atoms with Gasteiger partial charge in [0.2, 0.25) is 0 Å². The number of benzene rings is 1. The first kappa shape index (κ1) is 9.51. The van der Waals surface area contributed by atoms with Gasteiger partial charge in [0.05, 0.1) is 12.8 Å². The van der Waals surface area contributed by atoms with Crippen LogP contribution in [0.3, 0.4) is 0 Å². The number of hydrogen-bond acceptors (Lipinski definition) is 3. The van der Waals surface area contributed by atoms with E-state index >= 15 is 0 Å². The first-order chi connectivity index (χ1) is 6.20. The Kier molecular flexibility index (Phi) is 2.84. The largest absolute Gasteiger partial charge is 0.465 e. The van der Waals surface area contributed by atoms with Crippen LogP contribution in [0, 0.1) is 5.82 Å². The van der Waals surface area contributed by atoms with E-state index in [1.807, 2.05) is 0 Å². The molecule has 0 radical (unpaired) electrons. The number of carbonyl (C=O) groups excluding carboxylic acids is 1. The van der Waals surface area contributed by atoms with E-state index in [0.29, 0.717) is 5.69 Å². The van der Waals surface area contributed by atoms with E-state index in [9.17, 15) is 9.18 Å². The van der Waals surface area contributed by atoms with Gasteiger partial charge < -0.3 is 10.1 Å². The van der Waals surface area contributed by atoms with Crippen LogP contribution in [0.2, 0.25) is 0 Å². The molecule has 0 heterocycles. The molecule has 4 heteroatoms. The van der Waals surface area contributed by atoms with Crippen molar-refractivity contribution in [3.63, 3.8) is 0 Å². The second kappa shape index (κ2) is 3.89. The molecule has 0 atom stereocenters. The molecule has 0 aliphatic rings. The van der Waals surface area contributed by atoms with Gasteiger partial charge in [-0.1, -0.05) is 6.07 Å². The number of esters is 1. The van der Waals surface area contributed by atoms with E-state index in [-0.39, 0.29) is 5.56 Å². The Balaban J connectivity index is 3.22. The maximum atomic E-state index is 13.1. The van der Waals surface area contributed by atoms with Crippen LogP contribution in [0.15, 0.2) is 18.2 Å². The summed E-state index contributed by atoms with van der Waals surface area (Å²) in [5.74, 6) is -1.26. The lowest BCUT2D eigenvalue weighted by molar-refractivity contribution is 0.0596. The Labute approximate surface area is 75.5 Å². The van der Waals surface area contributed by atoms with Gasteiger partial charge in [0.15, 0.2) is 0 Å². The summed E-state index contributed by atoms with van der Waals surface area (Å²) >= 11 is 0. The number of hydrogen-bond donors (Lipinski definition) is 1. The van der Waals surface area contributed by atoms with Crippen molar-refractivity contribution in [1.29, 1.82) is 0 Å². The second-order valence-corrected chi connectivity index (χ2v) is 2.40. The predicted molar refractivity (Wildman–Crippen MR) is 47.3 cm³/mol. The zero-order valence-electron chi connectivity index (χ0n) is 7.43. The molecule has 0 amide bonds. The SMILES string of the molecule is CNc1cccc(F)c1C(=O)OC. The minimum atomic E-state index is -0.678. The van der Waals surface area contributed by atoms with Crippen LogP contribution in [0.25, 0.3) is 0 Å². The summed E-state index contributed by atoms with van der Waals surface area (Å²) in [6.45, 7) is 0. The third kappa shape index (κ3) is 1.77. The molecule has 3 nitrogen and oxygen atoms in total. The van der Waals surface area contributed by atoms with E-state index in [1.54, 1.807) is 13.1 Å². The summed E-state index contributed by atoms with van der Waals surface area (Å²) in [6, 6.07) is 4.34. The van der Waals surface area contributed by atoms with Crippen LogP contribution in [0.1, 0.15) is 10.4 Å². The highest BCUT2D eigenvalue weighted by molar-refractivity contribution is 5.95. The van der Waals surface area contributed by atoms with E-state index in [1.165, 1.54) is 19.2 Å². The standard InChI is InChI=1S/C9H10FNO2/c1-11-7-5-3-4-6(10)8(7)9(12)13-2/h3-5,11H,1-2H3. The summed E-state index contributed by atoms with van der Waals surface area (Å²) < 4.78 is 17.6. The lowest BCUT2D eigenvalue weighted by Gasteiger charge is -2.07. The fourth-order valence-electron chi connectivity index (χ4n) is 1.04. The van der Waals surface area contributed by atoms with Crippen LogP contribution in [-0.4, -0.2) is 20.1 Å². The van der Waals surface area contributed by atoms with Crippen molar-refractivity contribution in [3.8, 4) is 0 Å². The zero-order chi connectivity index (χ0) is 9.84. The van der Waals surface area contributed by atoms with Crippen LogP contribution in [-0.2, 0) is 4.74 Å². The maximum Gasteiger partial charge on any atom is 0.342 e. The molecule has 1 aromatic carbocycles. The molecule has 1 rings (SSSR count). The summed E-state index contributed by atoms with van der Waals surface area (Å²) in [5, 5.41) is 2.71. The van der Waals surface area contributed by atoms with E-state index in [0.717, 1.165) is 0 Å². The van der Waals surface area contributed by atoms with Crippen LogP contribution in [0.5, 0.6) is 0 Å². The Hall–Kier alpha value is -1.58. The molecule has 0 aliphatic carbocycles. The molecule has 0 saturated heterocycles. The van der Waals surface area contributed by atoms with Gasteiger partial charge in [-0.2, -0.15) is 0 Å². The molecule has 13 heavy (non-hydrogen) atoms. The van der Waals surface area contributed by atoms with Crippen molar-refractivity contribution in [1.82, 2.24) is 0 Å². The van der Waals surface area contributed by atoms with Crippen molar-refractivity contribution >= 4 is 11.7 Å². The molecule has 0 aromatic heterocycles.